The van der Waals surface area contributed by atoms with Crippen molar-refractivity contribution in [1.82, 2.24) is 10.5 Å². The fourth-order valence-electron chi connectivity index (χ4n) is 2.54. The number of amides is 1. The van der Waals surface area contributed by atoms with E-state index < -0.39 is 5.91 Å². The Morgan fingerprint density at radius 3 is 2.23 bits per heavy atom. The van der Waals surface area contributed by atoms with Gasteiger partial charge >= 0.3 is 0 Å². The molecule has 2 aromatic rings. The number of rotatable bonds is 7. The number of aromatic nitrogens is 1. The molecule has 1 heterocycles. The first-order valence-electron chi connectivity index (χ1n) is 8.65. The number of benzene rings is 1. The maximum Gasteiger partial charge on any atom is 0.267 e. The standard InChI is InChI=1S/C22H22N2O6/c1-14(15-12-19(28-3)22(30-5)20(13-15)29-4)16-10-11-18(27-2)17(23-16)8-6-7-9-21(25)24-26/h7,9-13,26H,1H2,2-5H3,(H,24,25)/b9-7+. The van der Waals surface area contributed by atoms with Gasteiger partial charge in [0.2, 0.25) is 5.75 Å². The van der Waals surface area contributed by atoms with Gasteiger partial charge in [0, 0.05) is 11.6 Å². The van der Waals surface area contributed by atoms with E-state index in [0.717, 1.165) is 11.6 Å². The number of nitrogens with one attached hydrogen (secondary N) is 1. The topological polar surface area (TPSA) is 99.1 Å². The van der Waals surface area contributed by atoms with Crippen LogP contribution in [0.5, 0.6) is 23.0 Å². The van der Waals surface area contributed by atoms with Crippen LogP contribution in [-0.4, -0.2) is 44.5 Å². The molecule has 0 aliphatic carbocycles. The fourth-order valence-corrected chi connectivity index (χ4v) is 2.54. The van der Waals surface area contributed by atoms with Crippen molar-refractivity contribution >= 4 is 11.5 Å². The lowest BCUT2D eigenvalue weighted by Gasteiger charge is -2.15. The molecule has 8 nitrogen and oxygen atoms in total. The highest BCUT2D eigenvalue weighted by molar-refractivity contribution is 5.87. The zero-order valence-corrected chi connectivity index (χ0v) is 17.1. The van der Waals surface area contributed by atoms with Crippen LogP contribution in [0.3, 0.4) is 0 Å². The lowest BCUT2D eigenvalue weighted by Crippen LogP contribution is -2.14. The highest BCUT2D eigenvalue weighted by atomic mass is 16.5. The van der Waals surface area contributed by atoms with Crippen LogP contribution in [0.1, 0.15) is 17.0 Å². The zero-order valence-electron chi connectivity index (χ0n) is 17.1. The van der Waals surface area contributed by atoms with Crippen LogP contribution in [-0.2, 0) is 4.79 Å². The minimum Gasteiger partial charge on any atom is -0.494 e. The fraction of sp³-hybridized carbons (Fsp3) is 0.182. The average molecular weight is 410 g/mol. The minimum atomic E-state index is -0.686. The molecule has 0 aliphatic heterocycles. The van der Waals surface area contributed by atoms with Crippen molar-refractivity contribution < 1.29 is 28.9 Å². The molecule has 30 heavy (non-hydrogen) atoms. The van der Waals surface area contributed by atoms with Gasteiger partial charge in [-0.25, -0.2) is 10.5 Å². The zero-order chi connectivity index (χ0) is 22.1. The number of carbonyl (C=O) groups is 1. The van der Waals surface area contributed by atoms with Crippen molar-refractivity contribution in [2.75, 3.05) is 28.4 Å². The Labute approximate surface area is 174 Å². The smallest absolute Gasteiger partial charge is 0.267 e. The predicted octanol–water partition coefficient (Wildman–Crippen LogP) is 2.59. The summed E-state index contributed by atoms with van der Waals surface area (Å²) in [6.45, 7) is 4.13. The molecule has 1 aromatic carbocycles. The van der Waals surface area contributed by atoms with Gasteiger partial charge in [-0.2, -0.15) is 0 Å². The second-order valence-electron chi connectivity index (χ2n) is 5.72. The maximum atomic E-state index is 11.0. The van der Waals surface area contributed by atoms with Gasteiger partial charge in [-0.1, -0.05) is 12.5 Å². The molecule has 0 spiro atoms. The van der Waals surface area contributed by atoms with Gasteiger partial charge in [-0.3, -0.25) is 10.0 Å². The van der Waals surface area contributed by atoms with Gasteiger partial charge in [-0.15, -0.1) is 0 Å². The van der Waals surface area contributed by atoms with Crippen molar-refractivity contribution in [2.24, 2.45) is 0 Å². The molecule has 1 aromatic heterocycles. The average Bonchev–Trinajstić information content (AvgIpc) is 2.79. The second-order valence-corrected chi connectivity index (χ2v) is 5.72. The minimum absolute atomic E-state index is 0.359. The molecule has 0 saturated carbocycles. The van der Waals surface area contributed by atoms with Gasteiger partial charge in [0.25, 0.3) is 5.91 Å². The Bertz CT molecular complexity index is 1010. The summed E-state index contributed by atoms with van der Waals surface area (Å²) in [5, 5.41) is 8.48. The summed E-state index contributed by atoms with van der Waals surface area (Å²) < 4.78 is 21.4. The number of carbonyl (C=O) groups excluding carboxylic acids is 1. The second kappa shape index (κ2) is 10.5. The molecule has 0 saturated heterocycles. The van der Waals surface area contributed by atoms with Crippen molar-refractivity contribution in [2.45, 2.75) is 0 Å². The van der Waals surface area contributed by atoms with E-state index in [1.165, 1.54) is 40.0 Å². The first-order valence-corrected chi connectivity index (χ1v) is 8.65. The van der Waals surface area contributed by atoms with Crippen molar-refractivity contribution in [3.63, 3.8) is 0 Å². The Morgan fingerprint density at radius 2 is 1.70 bits per heavy atom. The highest BCUT2D eigenvalue weighted by Gasteiger charge is 2.16. The number of methoxy groups -OCH3 is 4. The summed E-state index contributed by atoms with van der Waals surface area (Å²) in [6, 6.07) is 7.03. The van der Waals surface area contributed by atoms with Gasteiger partial charge in [0.1, 0.15) is 0 Å². The van der Waals surface area contributed by atoms with Gasteiger partial charge in [-0.05, 0) is 41.8 Å². The summed E-state index contributed by atoms with van der Waals surface area (Å²) in [5.41, 5.74) is 3.73. The molecule has 0 atom stereocenters. The lowest BCUT2D eigenvalue weighted by molar-refractivity contribution is -0.124. The van der Waals surface area contributed by atoms with Crippen molar-refractivity contribution in [1.29, 1.82) is 0 Å². The number of nitrogens with zero attached hydrogens (tertiary/aromatic N) is 1. The number of ether oxygens (including phenoxy) is 4. The lowest BCUT2D eigenvalue weighted by atomic mass is 10.0. The van der Waals surface area contributed by atoms with Gasteiger partial charge in [0.05, 0.1) is 34.1 Å². The van der Waals surface area contributed by atoms with Gasteiger partial charge < -0.3 is 18.9 Å². The molecule has 2 N–H and O–H groups in total. The van der Waals surface area contributed by atoms with Crippen LogP contribution in [0.2, 0.25) is 0 Å². The largest absolute Gasteiger partial charge is 0.494 e. The van der Waals surface area contributed by atoms with E-state index in [4.69, 9.17) is 24.2 Å². The monoisotopic (exact) mass is 410 g/mol. The first kappa shape index (κ1) is 22.3. The van der Waals surface area contributed by atoms with E-state index in [2.05, 4.69) is 23.4 Å². The first-order chi connectivity index (χ1) is 14.5. The Morgan fingerprint density at radius 1 is 1.07 bits per heavy atom. The molecule has 0 fully saturated rings. The van der Waals surface area contributed by atoms with Crippen LogP contribution in [0, 0.1) is 11.8 Å². The SMILES string of the molecule is C=C(c1cc(OC)c(OC)c(OC)c1)c1ccc(OC)c(C#C/C=C/C(=O)NO)n1. The highest BCUT2D eigenvalue weighted by Crippen LogP contribution is 2.40. The molecule has 1 amide bonds. The van der Waals surface area contributed by atoms with E-state index in [-0.39, 0.29) is 0 Å². The molecule has 2 rings (SSSR count). The predicted molar refractivity (Wildman–Crippen MR) is 111 cm³/mol. The third kappa shape index (κ3) is 5.10. The number of hydrogen-bond acceptors (Lipinski definition) is 7. The summed E-state index contributed by atoms with van der Waals surface area (Å²) in [4.78, 5) is 15.5. The van der Waals surface area contributed by atoms with E-state index in [1.807, 2.05) is 0 Å². The van der Waals surface area contributed by atoms with E-state index in [9.17, 15) is 4.79 Å². The number of allylic oxidation sites excluding steroid dienone is 1. The molecule has 0 aliphatic rings. The van der Waals surface area contributed by atoms with Crippen LogP contribution < -0.4 is 24.4 Å². The molecule has 0 radical (unpaired) electrons. The molecule has 156 valence electrons. The number of pyridine rings is 1. The molecule has 8 heteroatoms. The molecule has 0 unspecified atom stereocenters. The number of hydroxylamine groups is 1. The van der Waals surface area contributed by atoms with Crippen LogP contribution in [0.25, 0.3) is 5.57 Å². The van der Waals surface area contributed by atoms with E-state index >= 15 is 0 Å². The van der Waals surface area contributed by atoms with E-state index in [1.54, 1.807) is 24.3 Å². The summed E-state index contributed by atoms with van der Waals surface area (Å²) in [7, 11) is 6.11. The third-order valence-electron chi connectivity index (χ3n) is 4.02. The molecular formula is C22H22N2O6. The van der Waals surface area contributed by atoms with Crippen molar-refractivity contribution in [3.8, 4) is 34.8 Å². The normalized spacial score (nSPS) is 10.0. The summed E-state index contributed by atoms with van der Waals surface area (Å²) in [5.74, 6) is 6.72. The Balaban J connectivity index is 2.45. The van der Waals surface area contributed by atoms with Crippen molar-refractivity contribution in [3.05, 3.63) is 59.9 Å². The Hall–Kier alpha value is -3.96. The number of hydrogen-bond donors (Lipinski definition) is 2. The summed E-state index contributed by atoms with van der Waals surface area (Å²) >= 11 is 0. The van der Waals surface area contributed by atoms with Gasteiger partial charge in [0.15, 0.2) is 22.9 Å². The Kier molecular flexibility index (Phi) is 7.85. The maximum absolute atomic E-state index is 11.0. The van der Waals surface area contributed by atoms with Crippen LogP contribution in [0.15, 0.2) is 43.0 Å². The van der Waals surface area contributed by atoms with Crippen LogP contribution >= 0.6 is 0 Å². The van der Waals surface area contributed by atoms with E-state index in [0.29, 0.717) is 40.0 Å². The molecular weight excluding hydrogens is 388 g/mol. The third-order valence-corrected chi connectivity index (χ3v) is 4.02. The van der Waals surface area contributed by atoms with Crippen LogP contribution in [0.4, 0.5) is 0 Å². The quantitative estimate of drug-likeness (QED) is 0.313. The summed E-state index contributed by atoms with van der Waals surface area (Å²) in [6.07, 6.45) is 2.37. The molecule has 0 bridgehead atoms.